The van der Waals surface area contributed by atoms with Gasteiger partial charge in [0.15, 0.2) is 0 Å². The van der Waals surface area contributed by atoms with Crippen molar-refractivity contribution < 1.29 is 47.4 Å². The molecule has 53 heavy (non-hydrogen) atoms. The summed E-state index contributed by atoms with van der Waals surface area (Å²) in [5, 5.41) is 8.25. The fourth-order valence-corrected chi connectivity index (χ4v) is 6.05. The first kappa shape index (κ1) is 42.9. The van der Waals surface area contributed by atoms with Crippen LogP contribution in [0, 0.1) is 5.92 Å². The molecule has 3 aromatic carbocycles. The minimum atomic E-state index is -4.37. The molecule has 0 heterocycles. The van der Waals surface area contributed by atoms with Crippen LogP contribution in [0.1, 0.15) is 64.0 Å². The predicted molar refractivity (Wildman–Crippen MR) is 200 cm³/mol. The minimum Gasteiger partial charge on any atom is -0.466 e. The van der Waals surface area contributed by atoms with E-state index in [1.165, 1.54) is 0 Å². The zero-order chi connectivity index (χ0) is 38.5. The predicted octanol–water partition coefficient (Wildman–Crippen LogP) is 6.10. The number of carbonyl (C=O) groups excluding carboxylic acids is 4. The lowest BCUT2D eigenvalue weighted by molar-refractivity contribution is -0.170. The minimum absolute atomic E-state index is 0.00647. The van der Waals surface area contributed by atoms with Crippen LogP contribution in [0.25, 0.3) is 11.1 Å². The van der Waals surface area contributed by atoms with Gasteiger partial charge >= 0.3 is 25.6 Å². The fraction of sp³-hybridized carbons (Fsp3) is 0.436. The number of hydrogen-bond acceptors (Lipinski definition) is 10. The molecule has 4 N–H and O–H groups in total. The largest absolute Gasteiger partial charge is 0.466 e. The van der Waals surface area contributed by atoms with E-state index in [9.17, 15) is 28.6 Å². The molecule has 3 unspecified atom stereocenters. The summed E-state index contributed by atoms with van der Waals surface area (Å²) < 4.78 is 34.0. The molecule has 0 aliphatic heterocycles. The third kappa shape index (κ3) is 17.2. The standard InChI is InChI=1S/C39H52N3O10P/c1-4-35(43)51-38(29(2)3)52-53(47,48)28-42-34(26-30-18-20-33(21-19-30)32-16-10-6-11-17-32)37(45)40-24-22-36(44)49-25-13-7-12-23-41-39(46)50-27-31-14-8-5-9-15-31/h5-6,8-11,14-21,29,34,38,42H,4,7,12-13,22-28H2,1-3H3,(H,40,45)(H,41,46)(H,47,48). The van der Waals surface area contributed by atoms with Gasteiger partial charge in [-0.2, -0.15) is 0 Å². The van der Waals surface area contributed by atoms with Crippen LogP contribution in [-0.2, 0) is 50.7 Å². The number of esters is 2. The van der Waals surface area contributed by atoms with Crippen LogP contribution >= 0.6 is 7.60 Å². The molecule has 288 valence electrons. The van der Waals surface area contributed by atoms with Gasteiger partial charge < -0.3 is 29.7 Å². The van der Waals surface area contributed by atoms with E-state index in [1.54, 1.807) is 20.8 Å². The number of carbonyl (C=O) groups is 4. The van der Waals surface area contributed by atoms with Crippen LogP contribution in [0.5, 0.6) is 0 Å². The summed E-state index contributed by atoms with van der Waals surface area (Å²) in [6, 6.07) is 25.9. The lowest BCUT2D eigenvalue weighted by atomic mass is 10.0. The van der Waals surface area contributed by atoms with Crippen molar-refractivity contribution >= 4 is 31.5 Å². The molecule has 13 nitrogen and oxygen atoms in total. The summed E-state index contributed by atoms with van der Waals surface area (Å²) in [6.45, 7) is 5.80. The van der Waals surface area contributed by atoms with Crippen LogP contribution in [0.3, 0.4) is 0 Å². The highest BCUT2D eigenvalue weighted by Crippen LogP contribution is 2.43. The summed E-state index contributed by atoms with van der Waals surface area (Å²) in [7, 11) is -4.37. The number of alkyl carbamates (subject to hydrolysis) is 1. The Hall–Kier alpha value is -4.55. The van der Waals surface area contributed by atoms with E-state index in [4.69, 9.17) is 18.7 Å². The zero-order valence-corrected chi connectivity index (χ0v) is 31.6. The molecule has 3 aromatic rings. The third-order valence-electron chi connectivity index (χ3n) is 7.90. The first-order valence-corrected chi connectivity index (χ1v) is 19.7. The number of rotatable bonds is 23. The maximum Gasteiger partial charge on any atom is 0.407 e. The number of amides is 2. The Morgan fingerprint density at radius 2 is 1.42 bits per heavy atom. The van der Waals surface area contributed by atoms with E-state index in [-0.39, 0.29) is 39.0 Å². The van der Waals surface area contributed by atoms with Crippen molar-refractivity contribution in [3.8, 4) is 11.1 Å². The van der Waals surface area contributed by atoms with Crippen molar-refractivity contribution in [1.82, 2.24) is 16.0 Å². The van der Waals surface area contributed by atoms with E-state index in [0.717, 1.165) is 28.7 Å². The van der Waals surface area contributed by atoms with Crippen LogP contribution in [0.4, 0.5) is 4.79 Å². The molecule has 3 rings (SSSR count). The van der Waals surface area contributed by atoms with Crippen molar-refractivity contribution in [2.24, 2.45) is 5.92 Å². The monoisotopic (exact) mass is 753 g/mol. The van der Waals surface area contributed by atoms with E-state index in [1.807, 2.05) is 84.9 Å². The second-order valence-corrected chi connectivity index (χ2v) is 14.5. The Morgan fingerprint density at radius 1 is 0.755 bits per heavy atom. The molecule has 3 atom stereocenters. The van der Waals surface area contributed by atoms with Gasteiger partial charge in [-0.05, 0) is 47.9 Å². The van der Waals surface area contributed by atoms with Gasteiger partial charge in [-0.3, -0.25) is 28.8 Å². The van der Waals surface area contributed by atoms with Crippen molar-refractivity contribution in [3.05, 3.63) is 96.1 Å². The third-order valence-corrected chi connectivity index (χ3v) is 9.02. The molecule has 0 radical (unpaired) electrons. The lowest BCUT2D eigenvalue weighted by Gasteiger charge is -2.25. The molecule has 2 amide bonds. The molecule has 0 spiro atoms. The van der Waals surface area contributed by atoms with Crippen molar-refractivity contribution in [2.75, 3.05) is 26.0 Å². The van der Waals surface area contributed by atoms with Crippen molar-refractivity contribution in [3.63, 3.8) is 0 Å². The Bertz CT molecular complexity index is 1610. The summed E-state index contributed by atoms with van der Waals surface area (Å²) in [5.74, 6) is -1.94. The van der Waals surface area contributed by atoms with E-state index >= 15 is 0 Å². The first-order valence-electron chi connectivity index (χ1n) is 17.9. The second-order valence-electron chi connectivity index (χ2n) is 12.7. The maximum absolute atomic E-state index is 13.3. The molecular formula is C39H52N3O10P. The Morgan fingerprint density at radius 3 is 2.08 bits per heavy atom. The first-order chi connectivity index (χ1) is 25.5. The quantitative estimate of drug-likeness (QED) is 0.0289. The molecule has 0 aliphatic carbocycles. The van der Waals surface area contributed by atoms with Crippen LogP contribution < -0.4 is 16.0 Å². The van der Waals surface area contributed by atoms with E-state index in [2.05, 4.69) is 16.0 Å². The maximum atomic E-state index is 13.3. The van der Waals surface area contributed by atoms with Gasteiger partial charge in [-0.15, -0.1) is 0 Å². The lowest BCUT2D eigenvalue weighted by Crippen LogP contribution is -2.46. The smallest absolute Gasteiger partial charge is 0.407 e. The number of nitrogens with one attached hydrogen (secondary N) is 3. The van der Waals surface area contributed by atoms with Gasteiger partial charge in [-0.1, -0.05) is 106 Å². The summed E-state index contributed by atoms with van der Waals surface area (Å²) >= 11 is 0. The van der Waals surface area contributed by atoms with Gasteiger partial charge in [0, 0.05) is 25.4 Å². The molecule has 0 aromatic heterocycles. The molecule has 0 saturated carbocycles. The van der Waals surface area contributed by atoms with E-state index in [0.29, 0.717) is 19.4 Å². The molecule has 0 fully saturated rings. The summed E-state index contributed by atoms with van der Waals surface area (Å²) in [4.78, 5) is 59.9. The van der Waals surface area contributed by atoms with Crippen LogP contribution in [0.2, 0.25) is 0 Å². The Kier molecular flexibility index (Phi) is 18.7. The van der Waals surface area contributed by atoms with Gasteiger partial charge in [0.1, 0.15) is 6.61 Å². The Labute approximate surface area is 311 Å². The average Bonchev–Trinajstić information content (AvgIpc) is 3.15. The van der Waals surface area contributed by atoms with Crippen molar-refractivity contribution in [2.45, 2.75) is 78.2 Å². The molecular weight excluding hydrogens is 701 g/mol. The van der Waals surface area contributed by atoms with Crippen LogP contribution in [-0.4, -0.2) is 67.1 Å². The molecule has 14 heteroatoms. The highest BCUT2D eigenvalue weighted by atomic mass is 31.2. The van der Waals surface area contributed by atoms with Gasteiger partial charge in [-0.25, -0.2) is 4.79 Å². The van der Waals surface area contributed by atoms with Crippen LogP contribution in [0.15, 0.2) is 84.9 Å². The average molecular weight is 754 g/mol. The highest BCUT2D eigenvalue weighted by molar-refractivity contribution is 7.52. The topological polar surface area (TPSA) is 179 Å². The SMILES string of the molecule is CCC(=O)OC(OP(=O)(O)CNC(Cc1ccc(-c2ccccc2)cc1)C(=O)NCCC(=O)OCCCCCNC(=O)OCc1ccccc1)C(C)C. The van der Waals surface area contributed by atoms with Crippen molar-refractivity contribution in [1.29, 1.82) is 0 Å². The molecule has 0 aliphatic rings. The number of benzene rings is 3. The van der Waals surface area contributed by atoms with Gasteiger partial charge in [0.2, 0.25) is 12.2 Å². The number of unbranched alkanes of at least 4 members (excludes halogenated alkanes) is 2. The zero-order valence-electron chi connectivity index (χ0n) is 30.7. The normalized spacial score (nSPS) is 13.3. The van der Waals surface area contributed by atoms with E-state index < -0.39 is 56.1 Å². The fourth-order valence-electron chi connectivity index (χ4n) is 4.91. The summed E-state index contributed by atoms with van der Waals surface area (Å²) in [5.41, 5.74) is 3.72. The number of hydrogen-bond donors (Lipinski definition) is 4. The molecule has 0 saturated heterocycles. The summed E-state index contributed by atoms with van der Waals surface area (Å²) in [6.07, 6.45) is -0.136. The van der Waals surface area contributed by atoms with Gasteiger partial charge in [0.05, 0.1) is 25.4 Å². The van der Waals surface area contributed by atoms with Gasteiger partial charge in [0.25, 0.3) is 0 Å². The Balaban J connectivity index is 1.44. The second kappa shape index (κ2) is 23.2. The molecule has 0 bridgehead atoms. The highest BCUT2D eigenvalue weighted by Gasteiger charge is 2.31. The number of ether oxygens (including phenoxy) is 3.